The van der Waals surface area contributed by atoms with Crippen LogP contribution in [-0.4, -0.2) is 106 Å². The van der Waals surface area contributed by atoms with Gasteiger partial charge in [0.05, 0.1) is 0 Å². The zero-order valence-electron chi connectivity index (χ0n) is 2.36. The molecule has 0 heterocycles. The van der Waals surface area contributed by atoms with Gasteiger partial charge in [0, 0.05) is 0 Å². The Morgan fingerprint density at radius 3 is 1.20 bits per heavy atom. The SMILES string of the molecule is [CaH+].[SH-].[S]=[BiH].[SrH2]. The van der Waals surface area contributed by atoms with Gasteiger partial charge in [0.2, 0.25) is 0 Å². The van der Waals surface area contributed by atoms with Crippen molar-refractivity contribution in [2.75, 3.05) is 0 Å². The van der Waals surface area contributed by atoms with Gasteiger partial charge in [-0.1, -0.05) is 0 Å². The first-order valence-corrected chi connectivity index (χ1v) is 5.37. The number of rotatable bonds is 0. The summed E-state index contributed by atoms with van der Waals surface area (Å²) in [5, 5.41) is 0. The topological polar surface area (TPSA) is 0 Å². The van der Waals surface area contributed by atoms with Crippen molar-refractivity contribution in [2.24, 2.45) is 0 Å². The molecule has 0 unspecified atom stereocenters. The van der Waals surface area contributed by atoms with Crippen LogP contribution in [0, 0.1) is 0 Å². The van der Waals surface area contributed by atoms with Gasteiger partial charge in [-0.05, 0) is 0 Å². The van der Waals surface area contributed by atoms with Gasteiger partial charge in [0.25, 0.3) is 0 Å². The quantitative estimate of drug-likeness (QED) is 0.264. The Kier molecular flexibility index (Phi) is 110. The minimum absolute atomic E-state index is 0. The summed E-state index contributed by atoms with van der Waals surface area (Å²) in [4.78, 5) is 0. The van der Waals surface area contributed by atoms with Gasteiger partial charge in [0.15, 0.2) is 0 Å². The molecule has 0 atom stereocenters. The van der Waals surface area contributed by atoms with Crippen LogP contribution < -0.4 is 0 Å². The molecular weight excluding hydrogens is 401 g/mol. The van der Waals surface area contributed by atoms with E-state index in [1.807, 2.05) is 0 Å². The van der Waals surface area contributed by atoms with E-state index in [1.165, 1.54) is 0 Å². The third-order valence-corrected chi connectivity index (χ3v) is 0. The molecular formula is H5BiCaS2Sr. The van der Waals surface area contributed by atoms with Crippen LogP contribution in [0.25, 0.3) is 0 Å². The molecule has 0 bridgehead atoms. The van der Waals surface area contributed by atoms with E-state index in [0.29, 0.717) is 0 Å². The molecule has 0 amide bonds. The van der Waals surface area contributed by atoms with Gasteiger partial charge >= 0.3 is 115 Å². The van der Waals surface area contributed by atoms with Gasteiger partial charge in [-0.2, -0.15) is 0 Å². The van der Waals surface area contributed by atoms with Crippen LogP contribution in [0.2, 0.25) is 0 Å². The monoisotopic (exact) mass is 406 g/mol. The molecule has 0 nitrogen and oxygen atoms in total. The summed E-state index contributed by atoms with van der Waals surface area (Å²) < 4.78 is 0. The minimum atomic E-state index is 0. The summed E-state index contributed by atoms with van der Waals surface area (Å²) in [5.41, 5.74) is 0. The van der Waals surface area contributed by atoms with Crippen LogP contribution in [0.3, 0.4) is 0 Å². The third-order valence-electron chi connectivity index (χ3n) is 0. The molecule has 0 aromatic carbocycles. The molecule has 5 heavy (non-hydrogen) atoms. The van der Waals surface area contributed by atoms with Gasteiger partial charge in [-0.25, -0.2) is 0 Å². The van der Waals surface area contributed by atoms with Crippen LogP contribution in [0.15, 0.2) is 0 Å². The van der Waals surface area contributed by atoms with Crippen molar-refractivity contribution in [3.8, 4) is 0 Å². The Morgan fingerprint density at radius 2 is 1.20 bits per heavy atom. The Hall–Kier alpha value is 4.19. The maximum absolute atomic E-state index is 4.22. The second kappa shape index (κ2) is 24.1. The molecule has 0 aliphatic heterocycles. The van der Waals surface area contributed by atoms with Crippen molar-refractivity contribution in [1.82, 2.24) is 0 Å². The number of hydrogen-bond acceptors (Lipinski definition) is 2. The van der Waals surface area contributed by atoms with E-state index in [1.54, 1.807) is 0 Å². The molecule has 0 spiro atoms. The Labute approximate surface area is 124 Å². The molecule has 0 aliphatic carbocycles. The molecule has 0 rings (SSSR count). The number of thiol groups is 1. The zero-order chi connectivity index (χ0) is 2.00. The molecule has 0 aromatic heterocycles. The summed E-state index contributed by atoms with van der Waals surface area (Å²) >= 11 is 0.889. The maximum atomic E-state index is 4.22. The van der Waals surface area contributed by atoms with Crippen molar-refractivity contribution >= 4 is 128 Å². The van der Waals surface area contributed by atoms with Crippen LogP contribution in [0.1, 0.15) is 0 Å². The van der Waals surface area contributed by atoms with Crippen molar-refractivity contribution in [2.45, 2.75) is 0 Å². The predicted octanol–water partition coefficient (Wildman–Crippen LogP) is -1.84. The molecule has 0 fully saturated rings. The first-order valence-electron chi connectivity index (χ1n) is 0.204. The first-order chi connectivity index (χ1) is 1.00. The molecule has 0 aromatic rings. The molecule has 5 heteroatoms. The van der Waals surface area contributed by atoms with Crippen molar-refractivity contribution in [3.05, 3.63) is 0 Å². The fourth-order valence-corrected chi connectivity index (χ4v) is 0. The predicted molar refractivity (Wildman–Crippen MR) is 39.2 cm³/mol. The fraction of sp³-hybridized carbons (Fsp3) is 0. The second-order valence-electron chi connectivity index (χ2n) is 0. The van der Waals surface area contributed by atoms with E-state index in [-0.39, 0.29) is 96.7 Å². The molecule has 0 saturated carbocycles. The summed E-state index contributed by atoms with van der Waals surface area (Å²) in [6.07, 6.45) is 0. The number of hydrogen-bond donors (Lipinski definition) is 0. The summed E-state index contributed by atoms with van der Waals surface area (Å²) in [5.74, 6) is 0. The van der Waals surface area contributed by atoms with Gasteiger partial charge in [-0.15, -0.1) is 0 Å². The average Bonchev–Trinajstić information content (AvgIpc) is 1.00. The van der Waals surface area contributed by atoms with Crippen LogP contribution >= 0.6 is 8.86 Å². The average molecular weight is 406 g/mol. The van der Waals surface area contributed by atoms with E-state index in [9.17, 15) is 0 Å². The van der Waals surface area contributed by atoms with E-state index in [4.69, 9.17) is 0 Å². The van der Waals surface area contributed by atoms with E-state index >= 15 is 0 Å². The van der Waals surface area contributed by atoms with E-state index in [0.717, 1.165) is 22.7 Å². The van der Waals surface area contributed by atoms with Crippen LogP contribution in [-0.2, 0) is 13.5 Å². The molecule has 0 saturated heterocycles. The van der Waals surface area contributed by atoms with Gasteiger partial charge < -0.3 is 13.5 Å². The van der Waals surface area contributed by atoms with Crippen LogP contribution in [0.4, 0.5) is 0 Å². The Balaban J connectivity index is -0.00000000167. The van der Waals surface area contributed by atoms with E-state index < -0.39 is 0 Å². The normalized spacial score (nSPS) is 0.800. The first kappa shape index (κ1) is 22.9. The van der Waals surface area contributed by atoms with Gasteiger partial charge in [0.1, 0.15) is 0 Å². The molecule has 0 N–H and O–H groups in total. The molecule has 26 valence electrons. The van der Waals surface area contributed by atoms with Crippen LogP contribution in [0.5, 0.6) is 0 Å². The third kappa shape index (κ3) is 17.9. The van der Waals surface area contributed by atoms with E-state index in [2.05, 4.69) is 8.86 Å². The Bertz CT molecular complexity index is 9.61. The summed E-state index contributed by atoms with van der Waals surface area (Å²) in [6, 6.07) is 0. The Morgan fingerprint density at radius 1 is 1.20 bits per heavy atom. The van der Waals surface area contributed by atoms with Crippen molar-refractivity contribution < 1.29 is 0 Å². The molecule has 0 radical (unpaired) electrons. The second-order valence-corrected chi connectivity index (χ2v) is 0. The zero-order valence-corrected chi connectivity index (χ0v) is 11.1. The summed E-state index contributed by atoms with van der Waals surface area (Å²) in [7, 11) is 4.22. The molecule has 0 aliphatic rings. The standard InChI is InChI=1S/Bi.Ca.H2S.S.Sr.4H/h;;1H2;;;;;;/q;+1;;;;;;;/p-1. The van der Waals surface area contributed by atoms with Crippen molar-refractivity contribution in [1.29, 1.82) is 0 Å². The summed E-state index contributed by atoms with van der Waals surface area (Å²) in [6.45, 7) is 0. The fourth-order valence-electron chi connectivity index (χ4n) is 0. The van der Waals surface area contributed by atoms with Crippen molar-refractivity contribution in [3.63, 3.8) is 0 Å². The van der Waals surface area contributed by atoms with Gasteiger partial charge in [-0.3, -0.25) is 0 Å².